The van der Waals surface area contributed by atoms with Crippen molar-refractivity contribution < 1.29 is 9.59 Å². The first kappa shape index (κ1) is 12.3. The minimum atomic E-state index is -0.318. The smallest absolute Gasteiger partial charge is 0.269 e. The molecule has 0 atom stereocenters. The van der Waals surface area contributed by atoms with E-state index in [1.165, 1.54) is 12.3 Å². The van der Waals surface area contributed by atoms with E-state index in [0.717, 1.165) is 12.8 Å². The molecule has 1 aromatic rings. The van der Waals surface area contributed by atoms with Crippen LogP contribution < -0.4 is 16.4 Å². The number of nitrogen functional groups attached to an aromatic ring is 1. The Morgan fingerprint density at radius 1 is 1.44 bits per heavy atom. The normalized spacial score (nSPS) is 14.0. The zero-order chi connectivity index (χ0) is 13.0. The van der Waals surface area contributed by atoms with Crippen molar-refractivity contribution in [3.8, 4) is 0 Å². The molecule has 1 aromatic heterocycles. The fraction of sp³-hybridized carbons (Fsp3) is 0.417. The summed E-state index contributed by atoms with van der Waals surface area (Å²) in [7, 11) is 0. The molecule has 0 radical (unpaired) electrons. The molecular weight excluding hydrogens is 232 g/mol. The number of amides is 2. The fourth-order valence-corrected chi connectivity index (χ4v) is 1.48. The molecule has 6 heteroatoms. The summed E-state index contributed by atoms with van der Waals surface area (Å²) in [4.78, 5) is 26.9. The number of nitrogens with two attached hydrogens (primary N) is 1. The van der Waals surface area contributed by atoms with Gasteiger partial charge in [0.15, 0.2) is 0 Å². The summed E-state index contributed by atoms with van der Waals surface area (Å²) in [5, 5.41) is 5.48. The Balaban J connectivity index is 1.72. The number of hydrogen-bond acceptors (Lipinski definition) is 4. The second-order valence-corrected chi connectivity index (χ2v) is 4.32. The molecule has 0 saturated heterocycles. The Morgan fingerprint density at radius 3 is 2.89 bits per heavy atom. The summed E-state index contributed by atoms with van der Waals surface area (Å²) in [6.45, 7) is 0.299. The van der Waals surface area contributed by atoms with Crippen LogP contribution in [0.1, 0.15) is 29.8 Å². The Hall–Kier alpha value is -2.11. The maximum Gasteiger partial charge on any atom is 0.269 e. The first-order valence-electron chi connectivity index (χ1n) is 5.94. The van der Waals surface area contributed by atoms with Crippen LogP contribution in [0.3, 0.4) is 0 Å². The first-order valence-corrected chi connectivity index (χ1v) is 5.94. The summed E-state index contributed by atoms with van der Waals surface area (Å²) in [5.41, 5.74) is 6.30. The lowest BCUT2D eigenvalue weighted by Crippen LogP contribution is -2.32. The highest BCUT2D eigenvalue weighted by Gasteiger charge is 2.22. The van der Waals surface area contributed by atoms with Crippen LogP contribution >= 0.6 is 0 Å². The van der Waals surface area contributed by atoms with Crippen molar-refractivity contribution in [3.05, 3.63) is 24.0 Å². The summed E-state index contributed by atoms with van der Waals surface area (Å²) in [6.07, 6.45) is 3.88. The predicted octanol–water partition coefficient (Wildman–Crippen LogP) is 0.0623. The highest BCUT2D eigenvalue weighted by molar-refractivity contribution is 5.93. The number of rotatable bonds is 5. The molecule has 0 aliphatic heterocycles. The minimum absolute atomic E-state index is 0.0293. The van der Waals surface area contributed by atoms with Crippen molar-refractivity contribution in [2.75, 3.05) is 12.3 Å². The van der Waals surface area contributed by atoms with Gasteiger partial charge >= 0.3 is 0 Å². The largest absolute Gasteiger partial charge is 0.399 e. The molecule has 6 nitrogen and oxygen atoms in total. The topological polar surface area (TPSA) is 97.1 Å². The summed E-state index contributed by atoms with van der Waals surface area (Å²) < 4.78 is 0. The van der Waals surface area contributed by atoms with E-state index in [-0.39, 0.29) is 23.9 Å². The molecule has 1 fully saturated rings. The van der Waals surface area contributed by atoms with Gasteiger partial charge in [0.05, 0.1) is 0 Å². The monoisotopic (exact) mass is 248 g/mol. The molecule has 1 heterocycles. The molecule has 0 bridgehead atoms. The molecular formula is C12H16N4O2. The van der Waals surface area contributed by atoms with Crippen molar-refractivity contribution in [1.82, 2.24) is 15.6 Å². The van der Waals surface area contributed by atoms with E-state index in [9.17, 15) is 9.59 Å². The highest BCUT2D eigenvalue weighted by Crippen LogP contribution is 2.18. The summed E-state index contributed by atoms with van der Waals surface area (Å²) in [5.74, 6) is -0.347. The van der Waals surface area contributed by atoms with E-state index in [1.54, 1.807) is 6.07 Å². The van der Waals surface area contributed by atoms with E-state index in [0.29, 0.717) is 18.3 Å². The number of carbonyl (C=O) groups excluding carboxylic acids is 2. The lowest BCUT2D eigenvalue weighted by atomic mass is 10.3. The van der Waals surface area contributed by atoms with Gasteiger partial charge in [-0.3, -0.25) is 14.6 Å². The quantitative estimate of drug-likeness (QED) is 0.686. The molecule has 0 spiro atoms. The first-order chi connectivity index (χ1) is 8.65. The van der Waals surface area contributed by atoms with Gasteiger partial charge in [0.1, 0.15) is 5.69 Å². The highest BCUT2D eigenvalue weighted by atomic mass is 16.2. The van der Waals surface area contributed by atoms with E-state index < -0.39 is 0 Å². The van der Waals surface area contributed by atoms with Crippen LogP contribution in [0, 0.1) is 0 Å². The molecule has 96 valence electrons. The van der Waals surface area contributed by atoms with Crippen molar-refractivity contribution in [1.29, 1.82) is 0 Å². The Labute approximate surface area is 105 Å². The van der Waals surface area contributed by atoms with E-state index in [1.807, 2.05) is 0 Å². The van der Waals surface area contributed by atoms with Gasteiger partial charge < -0.3 is 16.4 Å². The average Bonchev–Trinajstić information content (AvgIpc) is 3.12. The van der Waals surface area contributed by atoms with Gasteiger partial charge in [-0.05, 0) is 25.0 Å². The Morgan fingerprint density at radius 2 is 2.22 bits per heavy atom. The number of pyridine rings is 1. The lowest BCUT2D eigenvalue weighted by molar-refractivity contribution is -0.121. The fourth-order valence-electron chi connectivity index (χ4n) is 1.48. The van der Waals surface area contributed by atoms with Gasteiger partial charge in [0.25, 0.3) is 5.91 Å². The summed E-state index contributed by atoms with van der Waals surface area (Å²) in [6, 6.07) is 3.46. The van der Waals surface area contributed by atoms with Crippen molar-refractivity contribution in [2.45, 2.75) is 25.3 Å². The van der Waals surface area contributed by atoms with Crippen LogP contribution in [0.2, 0.25) is 0 Å². The average molecular weight is 248 g/mol. The van der Waals surface area contributed by atoms with E-state index in [2.05, 4.69) is 15.6 Å². The second-order valence-electron chi connectivity index (χ2n) is 4.32. The summed E-state index contributed by atoms with van der Waals surface area (Å²) >= 11 is 0. The standard InChI is InChI=1S/C12H16N4O2/c13-8-3-5-14-10(7-8)12(18)15-6-4-11(17)16-9-1-2-9/h3,5,7,9H,1-2,4,6H2,(H2,13,14)(H,15,18)(H,16,17). The third kappa shape index (κ3) is 3.73. The molecule has 2 amide bonds. The lowest BCUT2D eigenvalue weighted by Gasteiger charge is -2.05. The van der Waals surface area contributed by atoms with Crippen LogP contribution in [0.5, 0.6) is 0 Å². The predicted molar refractivity (Wildman–Crippen MR) is 66.8 cm³/mol. The Bertz CT molecular complexity index is 457. The zero-order valence-electron chi connectivity index (χ0n) is 9.98. The molecule has 0 aromatic carbocycles. The maximum absolute atomic E-state index is 11.7. The van der Waals surface area contributed by atoms with Crippen molar-refractivity contribution in [3.63, 3.8) is 0 Å². The molecule has 1 saturated carbocycles. The number of aromatic nitrogens is 1. The maximum atomic E-state index is 11.7. The molecule has 1 aliphatic rings. The van der Waals surface area contributed by atoms with Crippen LogP contribution in [0.15, 0.2) is 18.3 Å². The van der Waals surface area contributed by atoms with Crippen molar-refractivity contribution >= 4 is 17.5 Å². The van der Waals surface area contributed by atoms with Crippen LogP contribution in [0.25, 0.3) is 0 Å². The molecule has 2 rings (SSSR count). The van der Waals surface area contributed by atoms with Crippen LogP contribution in [-0.2, 0) is 4.79 Å². The number of anilines is 1. The molecule has 0 unspecified atom stereocenters. The van der Waals surface area contributed by atoms with Gasteiger partial charge in [-0.25, -0.2) is 0 Å². The van der Waals surface area contributed by atoms with Gasteiger partial charge in [-0.1, -0.05) is 0 Å². The SMILES string of the molecule is Nc1ccnc(C(=O)NCCC(=O)NC2CC2)c1. The van der Waals surface area contributed by atoms with Crippen LogP contribution in [0.4, 0.5) is 5.69 Å². The second kappa shape index (κ2) is 5.48. The van der Waals surface area contributed by atoms with E-state index in [4.69, 9.17) is 5.73 Å². The third-order valence-corrected chi connectivity index (χ3v) is 2.60. The van der Waals surface area contributed by atoms with Crippen molar-refractivity contribution in [2.24, 2.45) is 0 Å². The van der Waals surface area contributed by atoms with Gasteiger partial charge in [-0.2, -0.15) is 0 Å². The zero-order valence-corrected chi connectivity index (χ0v) is 9.98. The third-order valence-electron chi connectivity index (χ3n) is 2.60. The van der Waals surface area contributed by atoms with Crippen LogP contribution in [-0.4, -0.2) is 29.4 Å². The molecule has 1 aliphatic carbocycles. The minimum Gasteiger partial charge on any atom is -0.399 e. The molecule has 4 N–H and O–H groups in total. The molecule has 18 heavy (non-hydrogen) atoms. The van der Waals surface area contributed by atoms with Gasteiger partial charge in [-0.15, -0.1) is 0 Å². The number of nitrogens with one attached hydrogen (secondary N) is 2. The van der Waals surface area contributed by atoms with Gasteiger partial charge in [0.2, 0.25) is 5.91 Å². The van der Waals surface area contributed by atoms with E-state index >= 15 is 0 Å². The number of nitrogens with zero attached hydrogens (tertiary/aromatic N) is 1. The Kier molecular flexibility index (Phi) is 3.76. The number of hydrogen-bond donors (Lipinski definition) is 3. The number of carbonyl (C=O) groups is 2. The van der Waals surface area contributed by atoms with Gasteiger partial charge in [0, 0.05) is 30.9 Å².